The van der Waals surface area contributed by atoms with Crippen molar-refractivity contribution < 1.29 is 4.79 Å². The van der Waals surface area contributed by atoms with Crippen molar-refractivity contribution in [3.8, 4) is 0 Å². The number of aryl methyl sites for hydroxylation is 1. The maximum Gasteiger partial charge on any atom is 0.268 e. The number of aromatic nitrogens is 3. The van der Waals surface area contributed by atoms with Gasteiger partial charge in [-0.2, -0.15) is 0 Å². The maximum absolute atomic E-state index is 13.3. The van der Waals surface area contributed by atoms with Crippen molar-refractivity contribution in [3.63, 3.8) is 0 Å². The summed E-state index contributed by atoms with van der Waals surface area (Å²) in [5.41, 5.74) is 3.87. The van der Waals surface area contributed by atoms with E-state index in [0.29, 0.717) is 22.1 Å². The lowest BCUT2D eigenvalue weighted by molar-refractivity contribution is -0.113. The zero-order chi connectivity index (χ0) is 22.9. The first-order chi connectivity index (χ1) is 16.0. The van der Waals surface area contributed by atoms with Gasteiger partial charge in [-0.3, -0.25) is 14.2 Å². The van der Waals surface area contributed by atoms with E-state index in [9.17, 15) is 9.59 Å². The third-order valence-electron chi connectivity index (χ3n) is 5.27. The molecule has 6 nitrogen and oxygen atoms in total. The summed E-state index contributed by atoms with van der Waals surface area (Å²) >= 11 is 4.34. The number of thiazole rings is 1. The number of carbonyl (C=O) groups is 1. The molecule has 0 bridgehead atoms. The van der Waals surface area contributed by atoms with Gasteiger partial charge < -0.3 is 5.32 Å². The van der Waals surface area contributed by atoms with Crippen LogP contribution in [0.3, 0.4) is 0 Å². The molecule has 1 aliphatic rings. The summed E-state index contributed by atoms with van der Waals surface area (Å²) in [6.07, 6.45) is 0.770. The van der Waals surface area contributed by atoms with E-state index in [1.165, 1.54) is 23.1 Å². The Labute approximate surface area is 203 Å². The smallest absolute Gasteiger partial charge is 0.268 e. The molecule has 3 heterocycles. The molecular formula is C24H22N4O2S3. The first-order valence-electron chi connectivity index (χ1n) is 10.6. The second-order valence-corrected chi connectivity index (χ2v) is 11.4. The van der Waals surface area contributed by atoms with Gasteiger partial charge in [0, 0.05) is 11.7 Å². The number of amides is 1. The predicted octanol–water partition coefficient (Wildman–Crippen LogP) is 4.98. The van der Waals surface area contributed by atoms with Gasteiger partial charge in [-0.15, -0.1) is 11.8 Å². The van der Waals surface area contributed by atoms with Gasteiger partial charge in [0.05, 0.1) is 33.1 Å². The summed E-state index contributed by atoms with van der Waals surface area (Å²) in [6.45, 7) is 4.56. The summed E-state index contributed by atoms with van der Waals surface area (Å²) in [5.74, 6) is -0.0166. The zero-order valence-corrected chi connectivity index (χ0v) is 20.6. The number of hydrogen-bond donors (Lipinski definition) is 1. The van der Waals surface area contributed by atoms with Crippen molar-refractivity contribution in [2.75, 3.05) is 11.1 Å². The van der Waals surface area contributed by atoms with E-state index in [1.54, 1.807) is 16.3 Å². The number of anilines is 1. The molecule has 1 atom stereocenters. The molecule has 168 valence electrons. The van der Waals surface area contributed by atoms with Gasteiger partial charge in [0.1, 0.15) is 0 Å². The Balaban J connectivity index is 1.36. The molecule has 9 heteroatoms. The minimum Gasteiger partial charge on any atom is -0.301 e. The summed E-state index contributed by atoms with van der Waals surface area (Å²) in [6, 6.07) is 15.9. The fourth-order valence-electron chi connectivity index (χ4n) is 3.72. The van der Waals surface area contributed by atoms with Gasteiger partial charge >= 0.3 is 0 Å². The number of rotatable bonds is 6. The summed E-state index contributed by atoms with van der Waals surface area (Å²) in [4.78, 5) is 36.0. The lowest BCUT2D eigenvalue weighted by Crippen LogP contribution is -2.26. The third-order valence-corrected chi connectivity index (χ3v) is 8.39. The normalized spacial score (nSPS) is 15.0. The fraction of sp³-hybridized carbons (Fsp3) is 0.250. The number of thioether (sulfide) groups is 2. The Hall–Kier alpha value is -2.62. The average Bonchev–Trinajstić information content (AvgIpc) is 3.37. The monoisotopic (exact) mass is 494 g/mol. The van der Waals surface area contributed by atoms with E-state index in [1.807, 2.05) is 49.4 Å². The van der Waals surface area contributed by atoms with Gasteiger partial charge in [-0.25, -0.2) is 9.97 Å². The van der Waals surface area contributed by atoms with Crippen molar-refractivity contribution in [1.82, 2.24) is 14.5 Å². The molecule has 1 amide bonds. The van der Waals surface area contributed by atoms with E-state index in [2.05, 4.69) is 23.3 Å². The third kappa shape index (κ3) is 4.85. The van der Waals surface area contributed by atoms with Crippen molar-refractivity contribution in [2.45, 2.75) is 42.1 Å². The largest absolute Gasteiger partial charge is 0.301 e. The molecule has 0 saturated heterocycles. The number of nitrogens with zero attached hydrogens (tertiary/aromatic N) is 3. The molecule has 0 aliphatic carbocycles. The van der Waals surface area contributed by atoms with E-state index < -0.39 is 0 Å². The zero-order valence-electron chi connectivity index (χ0n) is 18.2. The Morgan fingerprint density at radius 2 is 2.03 bits per heavy atom. The Kier molecular flexibility index (Phi) is 6.27. The van der Waals surface area contributed by atoms with Crippen molar-refractivity contribution in [3.05, 3.63) is 75.7 Å². The molecule has 4 aromatic rings. The molecule has 0 spiro atoms. The lowest BCUT2D eigenvalue weighted by atomic mass is 10.2. The molecule has 33 heavy (non-hydrogen) atoms. The van der Waals surface area contributed by atoms with Crippen LogP contribution in [0.5, 0.6) is 0 Å². The lowest BCUT2D eigenvalue weighted by Gasteiger charge is -2.13. The number of nitrogens with one attached hydrogen (secondary N) is 1. The number of hydrogen-bond acceptors (Lipinski definition) is 7. The van der Waals surface area contributed by atoms with Crippen molar-refractivity contribution in [1.29, 1.82) is 0 Å². The average molecular weight is 495 g/mol. The molecule has 1 unspecified atom stereocenters. The highest BCUT2D eigenvalue weighted by Gasteiger charge is 2.26. The second kappa shape index (κ2) is 9.32. The van der Waals surface area contributed by atoms with E-state index in [4.69, 9.17) is 4.98 Å². The van der Waals surface area contributed by atoms with Gasteiger partial charge in [0.15, 0.2) is 10.3 Å². The van der Waals surface area contributed by atoms with Crippen LogP contribution in [0.4, 0.5) is 5.13 Å². The van der Waals surface area contributed by atoms with Crippen LogP contribution in [0.2, 0.25) is 0 Å². The van der Waals surface area contributed by atoms with Gasteiger partial charge in [0.25, 0.3) is 5.56 Å². The van der Waals surface area contributed by atoms with E-state index in [0.717, 1.165) is 38.4 Å². The quantitative estimate of drug-likeness (QED) is 0.301. The molecule has 0 saturated carbocycles. The highest BCUT2D eigenvalue weighted by molar-refractivity contribution is 8.00. The summed E-state index contributed by atoms with van der Waals surface area (Å²) in [5, 5.41) is 4.38. The van der Waals surface area contributed by atoms with Crippen LogP contribution in [-0.2, 0) is 17.8 Å². The first-order valence-corrected chi connectivity index (χ1v) is 13.3. The molecule has 2 aromatic carbocycles. The predicted molar refractivity (Wildman–Crippen MR) is 137 cm³/mol. The van der Waals surface area contributed by atoms with Crippen LogP contribution in [0, 0.1) is 6.92 Å². The summed E-state index contributed by atoms with van der Waals surface area (Å²) < 4.78 is 2.74. The van der Waals surface area contributed by atoms with Crippen LogP contribution in [0.1, 0.15) is 23.7 Å². The number of fused-ring (bicyclic) bond motifs is 2. The first kappa shape index (κ1) is 22.2. The van der Waals surface area contributed by atoms with Crippen LogP contribution < -0.4 is 10.9 Å². The van der Waals surface area contributed by atoms with Crippen molar-refractivity contribution >= 4 is 56.1 Å². The van der Waals surface area contributed by atoms with Crippen LogP contribution in [0.15, 0.2) is 63.4 Å². The minimum absolute atomic E-state index is 0.0253. The maximum atomic E-state index is 13.3. The fourth-order valence-corrected chi connectivity index (χ4v) is 6.63. The molecule has 5 rings (SSSR count). The molecule has 1 aliphatic heterocycles. The highest BCUT2D eigenvalue weighted by atomic mass is 32.2. The molecule has 0 fully saturated rings. The Morgan fingerprint density at radius 3 is 2.85 bits per heavy atom. The van der Waals surface area contributed by atoms with Crippen LogP contribution in [0.25, 0.3) is 10.2 Å². The van der Waals surface area contributed by atoms with E-state index >= 15 is 0 Å². The van der Waals surface area contributed by atoms with Crippen LogP contribution in [-0.4, -0.2) is 31.4 Å². The molecular weight excluding hydrogens is 472 g/mol. The highest BCUT2D eigenvalue weighted by Crippen LogP contribution is 2.34. The van der Waals surface area contributed by atoms with Gasteiger partial charge in [0.2, 0.25) is 5.91 Å². The SMILES string of the molecule is Cc1ccc2nc(NC(=O)CSc3nc4c(c(=O)n3Cc3ccccc3)SC(C)C4)sc2c1. The van der Waals surface area contributed by atoms with Crippen LogP contribution >= 0.6 is 34.9 Å². The Morgan fingerprint density at radius 1 is 1.21 bits per heavy atom. The standard InChI is InChI=1S/C24H22N4O2S3/c1-14-8-9-17-19(10-14)33-23(25-17)27-20(29)13-31-24-26-18-11-15(2)32-21(18)22(30)28(24)12-16-6-4-3-5-7-16/h3-10,15H,11-13H2,1-2H3,(H,25,27,29). The molecule has 2 aromatic heterocycles. The van der Waals surface area contributed by atoms with Crippen molar-refractivity contribution in [2.24, 2.45) is 0 Å². The van der Waals surface area contributed by atoms with Gasteiger partial charge in [-0.1, -0.05) is 66.4 Å². The second-order valence-electron chi connectivity index (χ2n) is 8.01. The number of carbonyl (C=O) groups excluding carboxylic acids is 1. The Bertz CT molecular complexity index is 1400. The molecule has 1 N–H and O–H groups in total. The number of benzene rings is 2. The minimum atomic E-state index is -0.167. The molecule has 0 radical (unpaired) electrons. The van der Waals surface area contributed by atoms with E-state index in [-0.39, 0.29) is 17.2 Å². The summed E-state index contributed by atoms with van der Waals surface area (Å²) in [7, 11) is 0. The topological polar surface area (TPSA) is 76.9 Å². The van der Waals surface area contributed by atoms with Gasteiger partial charge in [-0.05, 0) is 30.2 Å².